The molecule has 226 valence electrons. The highest BCUT2D eigenvalue weighted by Crippen LogP contribution is 2.29. The summed E-state index contributed by atoms with van der Waals surface area (Å²) in [5.74, 6) is 0.791. The van der Waals surface area contributed by atoms with Crippen molar-refractivity contribution in [1.29, 1.82) is 0 Å². The number of carbonyl (C=O) groups is 1. The molecule has 5 aromatic carbocycles. The van der Waals surface area contributed by atoms with Crippen molar-refractivity contribution < 1.29 is 22.7 Å². The Labute approximate surface area is 262 Å². The highest BCUT2D eigenvalue weighted by molar-refractivity contribution is 7.90. The largest absolute Gasteiger partial charge is 0.489 e. The second-order valence-corrected chi connectivity index (χ2v) is 12.4. The Balaban J connectivity index is 1.25. The molecular weight excluding hydrogens is 584 g/mol. The average Bonchev–Trinajstić information content (AvgIpc) is 3.39. The summed E-state index contributed by atoms with van der Waals surface area (Å²) in [6.07, 6.45) is 1.77. The van der Waals surface area contributed by atoms with Gasteiger partial charge in [-0.05, 0) is 64.7 Å². The topological polar surface area (TPSA) is 86.6 Å². The maximum atomic E-state index is 13.1. The van der Waals surface area contributed by atoms with E-state index in [-0.39, 0.29) is 11.3 Å². The van der Waals surface area contributed by atoms with Crippen molar-refractivity contribution in [2.24, 2.45) is 0 Å². The summed E-state index contributed by atoms with van der Waals surface area (Å²) < 4.78 is 42.0. The fourth-order valence-electron chi connectivity index (χ4n) is 5.14. The van der Waals surface area contributed by atoms with E-state index in [1.165, 1.54) is 12.1 Å². The van der Waals surface area contributed by atoms with Crippen LogP contribution in [0.25, 0.3) is 10.9 Å². The molecule has 0 radical (unpaired) electrons. The van der Waals surface area contributed by atoms with E-state index in [0.717, 1.165) is 33.3 Å². The number of amides is 1. The van der Waals surface area contributed by atoms with Gasteiger partial charge >= 0.3 is 0 Å². The number of hydrogen-bond donors (Lipinski definition) is 1. The van der Waals surface area contributed by atoms with Crippen LogP contribution in [0.1, 0.15) is 22.3 Å². The van der Waals surface area contributed by atoms with Crippen molar-refractivity contribution in [1.82, 2.24) is 9.29 Å². The first kappa shape index (κ1) is 29.7. The van der Waals surface area contributed by atoms with Gasteiger partial charge in [-0.1, -0.05) is 91.0 Å². The SMILES string of the molecule is O=C(Cc1cn(Cc2cccc(OCc3ccccc3)c2)c2ccc(OCc3ccccc3)cc12)NS(=O)(=O)c1ccccc1. The third kappa shape index (κ3) is 7.60. The number of nitrogens with one attached hydrogen (secondary N) is 1. The lowest BCUT2D eigenvalue weighted by molar-refractivity contribution is -0.118. The Morgan fingerprint density at radius 3 is 1.87 bits per heavy atom. The lowest BCUT2D eigenvalue weighted by Gasteiger charge is -2.10. The quantitative estimate of drug-likeness (QED) is 0.162. The van der Waals surface area contributed by atoms with Crippen molar-refractivity contribution >= 4 is 26.8 Å². The molecule has 0 spiro atoms. The Kier molecular flexibility index (Phi) is 8.94. The molecule has 6 rings (SSSR count). The predicted molar refractivity (Wildman–Crippen MR) is 175 cm³/mol. The molecule has 0 aliphatic rings. The monoisotopic (exact) mass is 616 g/mol. The number of nitrogens with zero attached hydrogens (tertiary/aromatic N) is 1. The van der Waals surface area contributed by atoms with Gasteiger partial charge < -0.3 is 14.0 Å². The van der Waals surface area contributed by atoms with E-state index in [4.69, 9.17) is 9.47 Å². The van der Waals surface area contributed by atoms with E-state index in [2.05, 4.69) is 9.29 Å². The Morgan fingerprint density at radius 2 is 1.22 bits per heavy atom. The summed E-state index contributed by atoms with van der Waals surface area (Å²) in [5.41, 5.74) is 4.72. The summed E-state index contributed by atoms with van der Waals surface area (Å²) in [7, 11) is -4.00. The van der Waals surface area contributed by atoms with Gasteiger partial charge in [0.05, 0.1) is 11.3 Å². The first-order chi connectivity index (χ1) is 21.9. The van der Waals surface area contributed by atoms with E-state index >= 15 is 0 Å². The van der Waals surface area contributed by atoms with Crippen LogP contribution in [-0.4, -0.2) is 18.9 Å². The van der Waals surface area contributed by atoms with Gasteiger partial charge in [-0.2, -0.15) is 0 Å². The van der Waals surface area contributed by atoms with E-state index in [1.54, 1.807) is 18.2 Å². The summed E-state index contributed by atoms with van der Waals surface area (Å²) in [6.45, 7) is 1.38. The molecule has 0 saturated heterocycles. The van der Waals surface area contributed by atoms with E-state index < -0.39 is 15.9 Å². The van der Waals surface area contributed by atoms with Crippen molar-refractivity contribution in [3.8, 4) is 11.5 Å². The summed E-state index contributed by atoms with van der Waals surface area (Å²) in [4.78, 5) is 13.1. The Hall–Kier alpha value is -5.34. The molecule has 0 aliphatic heterocycles. The van der Waals surface area contributed by atoms with Crippen LogP contribution in [0.4, 0.5) is 0 Å². The number of hydrogen-bond acceptors (Lipinski definition) is 5. The molecule has 1 N–H and O–H groups in total. The first-order valence-electron chi connectivity index (χ1n) is 14.6. The highest BCUT2D eigenvalue weighted by atomic mass is 32.2. The number of fused-ring (bicyclic) bond motifs is 1. The second-order valence-electron chi connectivity index (χ2n) is 10.7. The summed E-state index contributed by atoms with van der Waals surface area (Å²) in [6, 6.07) is 41.4. The van der Waals surface area contributed by atoms with Crippen LogP contribution in [0.15, 0.2) is 145 Å². The maximum absolute atomic E-state index is 13.1. The zero-order valence-electron chi connectivity index (χ0n) is 24.5. The first-order valence-corrected chi connectivity index (χ1v) is 16.1. The van der Waals surface area contributed by atoms with Gasteiger partial charge in [-0.15, -0.1) is 0 Å². The predicted octanol–water partition coefficient (Wildman–Crippen LogP) is 6.90. The van der Waals surface area contributed by atoms with Crippen LogP contribution >= 0.6 is 0 Å². The average molecular weight is 617 g/mol. The molecule has 0 atom stereocenters. The van der Waals surface area contributed by atoms with E-state index in [1.807, 2.05) is 109 Å². The fourth-order valence-corrected chi connectivity index (χ4v) is 6.15. The molecule has 6 aromatic rings. The number of aromatic nitrogens is 1. The maximum Gasteiger partial charge on any atom is 0.264 e. The third-order valence-corrected chi connectivity index (χ3v) is 8.72. The second kappa shape index (κ2) is 13.5. The van der Waals surface area contributed by atoms with Crippen molar-refractivity contribution in [2.45, 2.75) is 31.1 Å². The molecule has 45 heavy (non-hydrogen) atoms. The van der Waals surface area contributed by atoms with Gasteiger partial charge in [0.25, 0.3) is 10.0 Å². The zero-order chi connectivity index (χ0) is 31.1. The van der Waals surface area contributed by atoms with E-state index in [0.29, 0.717) is 31.1 Å². The number of benzene rings is 5. The Morgan fingerprint density at radius 1 is 0.644 bits per heavy atom. The minimum Gasteiger partial charge on any atom is -0.489 e. The minimum atomic E-state index is -4.00. The van der Waals surface area contributed by atoms with Crippen molar-refractivity contribution in [3.05, 3.63) is 162 Å². The molecule has 0 fully saturated rings. The molecule has 1 aromatic heterocycles. The van der Waals surface area contributed by atoms with Gasteiger partial charge in [-0.3, -0.25) is 4.79 Å². The van der Waals surface area contributed by atoms with Crippen LogP contribution < -0.4 is 14.2 Å². The third-order valence-electron chi connectivity index (χ3n) is 7.34. The summed E-state index contributed by atoms with van der Waals surface area (Å²) >= 11 is 0. The highest BCUT2D eigenvalue weighted by Gasteiger charge is 2.20. The normalized spacial score (nSPS) is 11.3. The van der Waals surface area contributed by atoms with Gasteiger partial charge in [-0.25, -0.2) is 13.1 Å². The number of ether oxygens (including phenoxy) is 2. The van der Waals surface area contributed by atoms with Crippen LogP contribution in [0.5, 0.6) is 11.5 Å². The van der Waals surface area contributed by atoms with Crippen LogP contribution in [0, 0.1) is 0 Å². The van der Waals surface area contributed by atoms with Crippen molar-refractivity contribution in [2.75, 3.05) is 0 Å². The van der Waals surface area contributed by atoms with Gasteiger partial charge in [0, 0.05) is 23.6 Å². The standard InChI is InChI=1S/C37H32N2O5S/c40-37(38-45(41,42)34-17-8-3-9-18-34)22-31-25-39(24-30-15-10-16-32(21-30)43-26-28-11-4-1-5-12-28)36-20-19-33(23-35(31)36)44-27-29-13-6-2-7-14-29/h1-21,23,25H,22,24,26-27H2,(H,38,40). The summed E-state index contributed by atoms with van der Waals surface area (Å²) in [5, 5.41) is 0.810. The van der Waals surface area contributed by atoms with Crippen molar-refractivity contribution in [3.63, 3.8) is 0 Å². The number of sulfonamides is 1. The molecule has 0 saturated carbocycles. The number of carbonyl (C=O) groups excluding carboxylic acids is 1. The lowest BCUT2D eigenvalue weighted by atomic mass is 10.1. The molecule has 0 aliphatic carbocycles. The molecule has 0 unspecified atom stereocenters. The molecular formula is C37H32N2O5S. The van der Waals surface area contributed by atoms with Gasteiger partial charge in [0.15, 0.2) is 0 Å². The lowest BCUT2D eigenvalue weighted by Crippen LogP contribution is -2.31. The van der Waals surface area contributed by atoms with E-state index in [9.17, 15) is 13.2 Å². The molecule has 1 amide bonds. The number of rotatable bonds is 12. The zero-order valence-corrected chi connectivity index (χ0v) is 25.3. The molecule has 8 heteroatoms. The smallest absolute Gasteiger partial charge is 0.264 e. The van der Waals surface area contributed by atoms with Crippen LogP contribution in [0.2, 0.25) is 0 Å². The molecule has 0 bridgehead atoms. The van der Waals surface area contributed by atoms with Gasteiger partial charge in [0.1, 0.15) is 24.7 Å². The minimum absolute atomic E-state index is 0.0340. The van der Waals surface area contributed by atoms with Gasteiger partial charge in [0.2, 0.25) is 5.91 Å². The van der Waals surface area contributed by atoms with Crippen LogP contribution in [0.3, 0.4) is 0 Å². The fraction of sp³-hybridized carbons (Fsp3) is 0.108. The van der Waals surface area contributed by atoms with Crippen LogP contribution in [-0.2, 0) is 41.0 Å². The molecule has 1 heterocycles. The molecule has 7 nitrogen and oxygen atoms in total. The Bertz CT molecular complexity index is 2010.